The molecule has 0 radical (unpaired) electrons. The van der Waals surface area contributed by atoms with Crippen LogP contribution >= 0.6 is 0 Å². The predicted molar refractivity (Wildman–Crippen MR) is 89.3 cm³/mol. The van der Waals surface area contributed by atoms with Gasteiger partial charge in [0.2, 0.25) is 11.8 Å². The molecule has 2 amide bonds. The van der Waals surface area contributed by atoms with Crippen LogP contribution in [0.4, 0.5) is 0 Å². The highest BCUT2D eigenvalue weighted by Gasteiger charge is 2.21. The number of amides is 2. The number of carbonyl (C=O) groups excluding carboxylic acids is 2. The maximum Gasteiger partial charge on any atom is 0.326 e. The van der Waals surface area contributed by atoms with Crippen LogP contribution in [-0.2, 0) is 20.8 Å². The first-order chi connectivity index (χ1) is 11.5. The van der Waals surface area contributed by atoms with Crippen LogP contribution in [0.5, 0.6) is 0 Å². The molecule has 0 aliphatic heterocycles. The monoisotopic (exact) mass is 332 g/mol. The summed E-state index contributed by atoms with van der Waals surface area (Å²) in [5.41, 5.74) is 0.829. The third-order valence-electron chi connectivity index (χ3n) is 4.31. The molecule has 0 bridgehead atoms. The smallest absolute Gasteiger partial charge is 0.326 e. The van der Waals surface area contributed by atoms with E-state index in [-0.39, 0.29) is 18.9 Å². The zero-order chi connectivity index (χ0) is 17.4. The normalized spacial score (nSPS) is 15.7. The molecular formula is C18H24N2O4. The molecule has 3 N–H and O–H groups in total. The van der Waals surface area contributed by atoms with Crippen LogP contribution < -0.4 is 10.6 Å². The Balaban J connectivity index is 1.75. The van der Waals surface area contributed by atoms with E-state index in [1.165, 1.54) is 0 Å². The molecule has 1 aliphatic rings. The number of nitrogens with one attached hydrogen (secondary N) is 2. The summed E-state index contributed by atoms with van der Waals surface area (Å²) in [4.78, 5) is 35.0. The van der Waals surface area contributed by atoms with Crippen LogP contribution in [0.1, 0.15) is 37.7 Å². The molecule has 1 atom stereocenters. The summed E-state index contributed by atoms with van der Waals surface area (Å²) in [6, 6.07) is 8.10. The van der Waals surface area contributed by atoms with Crippen molar-refractivity contribution >= 4 is 17.8 Å². The molecule has 1 aromatic carbocycles. The van der Waals surface area contributed by atoms with E-state index in [0.29, 0.717) is 12.3 Å². The van der Waals surface area contributed by atoms with Crippen LogP contribution in [0, 0.1) is 5.92 Å². The summed E-state index contributed by atoms with van der Waals surface area (Å²) < 4.78 is 0. The van der Waals surface area contributed by atoms with Gasteiger partial charge in [0.05, 0.1) is 6.54 Å². The molecule has 0 heterocycles. The largest absolute Gasteiger partial charge is 0.480 e. The Kier molecular flexibility index (Phi) is 6.78. The van der Waals surface area contributed by atoms with Crippen molar-refractivity contribution < 1.29 is 19.5 Å². The molecule has 0 spiro atoms. The predicted octanol–water partition coefficient (Wildman–Crippen LogP) is 1.49. The molecule has 1 saturated carbocycles. The number of carbonyl (C=O) groups is 3. The van der Waals surface area contributed by atoms with Crippen molar-refractivity contribution in [3.05, 3.63) is 35.9 Å². The molecule has 2 rings (SSSR count). The number of hydrogen-bond acceptors (Lipinski definition) is 3. The lowest BCUT2D eigenvalue weighted by Gasteiger charge is -2.15. The van der Waals surface area contributed by atoms with Gasteiger partial charge in [0.15, 0.2) is 0 Å². The molecule has 1 aliphatic carbocycles. The topological polar surface area (TPSA) is 95.5 Å². The van der Waals surface area contributed by atoms with Crippen molar-refractivity contribution in [2.45, 2.75) is 44.6 Å². The lowest BCUT2D eigenvalue weighted by Crippen LogP contribution is -2.46. The number of carboxylic acid groups (broad SMARTS) is 1. The van der Waals surface area contributed by atoms with E-state index in [9.17, 15) is 19.5 Å². The minimum atomic E-state index is -1.09. The van der Waals surface area contributed by atoms with Gasteiger partial charge >= 0.3 is 5.97 Å². The lowest BCUT2D eigenvalue weighted by atomic mass is 10.0. The van der Waals surface area contributed by atoms with Crippen molar-refractivity contribution in [2.75, 3.05) is 6.54 Å². The SMILES string of the molecule is O=C(CC1CCCC1)NCC(=O)N[C@@H](Cc1ccccc1)C(=O)O. The van der Waals surface area contributed by atoms with Gasteiger partial charge in [-0.2, -0.15) is 0 Å². The summed E-state index contributed by atoms with van der Waals surface area (Å²) in [5, 5.41) is 14.3. The van der Waals surface area contributed by atoms with Crippen molar-refractivity contribution in [2.24, 2.45) is 5.92 Å². The van der Waals surface area contributed by atoms with Crippen LogP contribution in [0.15, 0.2) is 30.3 Å². The Hall–Kier alpha value is -2.37. The Labute approximate surface area is 141 Å². The summed E-state index contributed by atoms with van der Waals surface area (Å²) in [6.07, 6.45) is 5.11. The average Bonchev–Trinajstić information content (AvgIpc) is 3.06. The van der Waals surface area contributed by atoms with E-state index < -0.39 is 17.9 Å². The van der Waals surface area contributed by atoms with E-state index in [4.69, 9.17) is 0 Å². The highest BCUT2D eigenvalue weighted by Crippen LogP contribution is 2.27. The molecule has 6 heteroatoms. The first-order valence-corrected chi connectivity index (χ1v) is 8.37. The van der Waals surface area contributed by atoms with E-state index >= 15 is 0 Å². The maximum atomic E-state index is 11.9. The van der Waals surface area contributed by atoms with Crippen LogP contribution in [-0.4, -0.2) is 35.5 Å². The number of carboxylic acids is 1. The van der Waals surface area contributed by atoms with Gasteiger partial charge in [0.25, 0.3) is 0 Å². The fourth-order valence-corrected chi connectivity index (χ4v) is 3.02. The zero-order valence-electron chi connectivity index (χ0n) is 13.7. The van der Waals surface area contributed by atoms with E-state index in [1.807, 2.05) is 30.3 Å². The summed E-state index contributed by atoms with van der Waals surface area (Å²) >= 11 is 0. The van der Waals surface area contributed by atoms with Gasteiger partial charge in [-0.05, 0) is 24.3 Å². The second kappa shape index (κ2) is 9.05. The van der Waals surface area contributed by atoms with Crippen molar-refractivity contribution in [1.29, 1.82) is 0 Å². The second-order valence-electron chi connectivity index (χ2n) is 6.28. The van der Waals surface area contributed by atoms with Gasteiger partial charge in [-0.3, -0.25) is 9.59 Å². The van der Waals surface area contributed by atoms with E-state index in [0.717, 1.165) is 31.2 Å². The minimum absolute atomic E-state index is 0.146. The Morgan fingerprint density at radius 3 is 2.38 bits per heavy atom. The molecule has 0 aromatic heterocycles. The molecule has 0 saturated heterocycles. The lowest BCUT2D eigenvalue weighted by molar-refractivity contribution is -0.141. The third-order valence-corrected chi connectivity index (χ3v) is 4.31. The molecule has 130 valence electrons. The zero-order valence-corrected chi connectivity index (χ0v) is 13.7. The number of aliphatic carboxylic acids is 1. The van der Waals surface area contributed by atoms with Gasteiger partial charge in [-0.1, -0.05) is 43.2 Å². The van der Waals surface area contributed by atoms with Gasteiger partial charge < -0.3 is 15.7 Å². The number of rotatable bonds is 8. The van der Waals surface area contributed by atoms with Gasteiger partial charge in [-0.25, -0.2) is 4.79 Å². The van der Waals surface area contributed by atoms with E-state index in [1.54, 1.807) is 0 Å². The van der Waals surface area contributed by atoms with Crippen molar-refractivity contribution in [3.63, 3.8) is 0 Å². The fraction of sp³-hybridized carbons (Fsp3) is 0.500. The van der Waals surface area contributed by atoms with Crippen LogP contribution in [0.2, 0.25) is 0 Å². The maximum absolute atomic E-state index is 11.9. The van der Waals surface area contributed by atoms with Crippen molar-refractivity contribution in [1.82, 2.24) is 10.6 Å². The van der Waals surface area contributed by atoms with Crippen LogP contribution in [0.25, 0.3) is 0 Å². The average molecular weight is 332 g/mol. The van der Waals surface area contributed by atoms with Crippen LogP contribution in [0.3, 0.4) is 0 Å². The summed E-state index contributed by atoms with van der Waals surface area (Å²) in [7, 11) is 0. The molecule has 0 unspecified atom stereocenters. The quantitative estimate of drug-likeness (QED) is 0.672. The fourth-order valence-electron chi connectivity index (χ4n) is 3.02. The highest BCUT2D eigenvalue weighted by atomic mass is 16.4. The second-order valence-corrected chi connectivity index (χ2v) is 6.28. The minimum Gasteiger partial charge on any atom is -0.480 e. The van der Waals surface area contributed by atoms with Gasteiger partial charge in [0.1, 0.15) is 6.04 Å². The first kappa shape index (κ1) is 18.0. The molecule has 1 aromatic rings. The molecular weight excluding hydrogens is 308 g/mol. The Bertz CT molecular complexity index is 568. The standard InChI is InChI=1S/C18H24N2O4/c21-16(11-14-8-4-5-9-14)19-12-17(22)20-15(18(23)24)10-13-6-2-1-3-7-13/h1-3,6-7,14-15H,4-5,8-12H2,(H,19,21)(H,20,22)(H,23,24)/t15-/m0/s1. The molecule has 1 fully saturated rings. The summed E-state index contributed by atoms with van der Waals surface area (Å²) in [6.45, 7) is -0.190. The Morgan fingerprint density at radius 1 is 1.08 bits per heavy atom. The van der Waals surface area contributed by atoms with Gasteiger partial charge in [0, 0.05) is 12.8 Å². The number of hydrogen-bond donors (Lipinski definition) is 3. The summed E-state index contributed by atoms with van der Waals surface area (Å²) in [5.74, 6) is -1.31. The molecule has 6 nitrogen and oxygen atoms in total. The third kappa shape index (κ3) is 6.02. The van der Waals surface area contributed by atoms with Crippen molar-refractivity contribution in [3.8, 4) is 0 Å². The first-order valence-electron chi connectivity index (χ1n) is 8.37. The highest BCUT2D eigenvalue weighted by molar-refractivity contribution is 5.88. The van der Waals surface area contributed by atoms with E-state index in [2.05, 4.69) is 10.6 Å². The number of benzene rings is 1. The molecule has 24 heavy (non-hydrogen) atoms. The van der Waals surface area contributed by atoms with Gasteiger partial charge in [-0.15, -0.1) is 0 Å². The Morgan fingerprint density at radius 2 is 1.75 bits per heavy atom.